The van der Waals surface area contributed by atoms with Gasteiger partial charge in [0.2, 0.25) is 0 Å². The number of ether oxygens (including phenoxy) is 2. The number of phenols is 1. The summed E-state index contributed by atoms with van der Waals surface area (Å²) in [7, 11) is 0. The summed E-state index contributed by atoms with van der Waals surface area (Å²) in [5, 5.41) is 13.2. The van der Waals surface area contributed by atoms with Gasteiger partial charge in [-0.1, -0.05) is 24.3 Å². The molecule has 2 fully saturated rings. The molecule has 0 aromatic heterocycles. The molecule has 2 aliphatic rings. The zero-order valence-electron chi connectivity index (χ0n) is 15.4. The maximum Gasteiger partial charge on any atom is 0.278 e. The Morgan fingerprint density at radius 2 is 1.64 bits per heavy atom. The molecule has 0 aliphatic carbocycles. The normalized spacial score (nSPS) is 18.9. The predicted molar refractivity (Wildman–Crippen MR) is 102 cm³/mol. The van der Waals surface area contributed by atoms with E-state index in [4.69, 9.17) is 9.47 Å². The van der Waals surface area contributed by atoms with Gasteiger partial charge >= 0.3 is 0 Å². The van der Waals surface area contributed by atoms with Crippen LogP contribution in [0.1, 0.15) is 28.8 Å². The van der Waals surface area contributed by atoms with Crippen LogP contribution in [0, 0.1) is 0 Å². The number of ketones is 1. The molecule has 0 unspecified atom stereocenters. The summed E-state index contributed by atoms with van der Waals surface area (Å²) < 4.78 is 11.7. The largest absolute Gasteiger partial charge is 0.506 e. The first-order chi connectivity index (χ1) is 13.6. The molecule has 28 heavy (non-hydrogen) atoms. The molecule has 146 valence electrons. The van der Waals surface area contributed by atoms with Crippen LogP contribution in [0.3, 0.4) is 0 Å². The van der Waals surface area contributed by atoms with Gasteiger partial charge in [-0.2, -0.15) is 0 Å². The lowest BCUT2D eigenvalue weighted by Gasteiger charge is -2.30. The molecule has 2 saturated heterocycles. The third-order valence-electron chi connectivity index (χ3n) is 5.02. The van der Waals surface area contributed by atoms with E-state index in [9.17, 15) is 14.7 Å². The van der Waals surface area contributed by atoms with E-state index in [1.54, 1.807) is 53.4 Å². The average Bonchev–Trinajstić information content (AvgIpc) is 3.20. The first-order valence-electron chi connectivity index (χ1n) is 9.33. The standard InChI is InChI=1S/C21H22N2O5/c24-17-9-11-23(12-10-17)20(26)15-5-7-16(8-6-15)21(27-13-14-28-21)22-18-3-1-2-4-19(18)25/h1-8,22,25H,9-14H2. The minimum absolute atomic E-state index is 0.0879. The number of para-hydroxylation sites is 2. The second kappa shape index (κ2) is 7.61. The number of anilines is 1. The third kappa shape index (κ3) is 3.58. The number of aromatic hydroxyl groups is 1. The Morgan fingerprint density at radius 3 is 2.29 bits per heavy atom. The lowest BCUT2D eigenvalue weighted by atomic mass is 10.1. The van der Waals surface area contributed by atoms with Crippen molar-refractivity contribution in [2.75, 3.05) is 31.6 Å². The van der Waals surface area contributed by atoms with E-state index in [0.29, 0.717) is 56.0 Å². The first kappa shape index (κ1) is 18.5. The summed E-state index contributed by atoms with van der Waals surface area (Å²) in [6.45, 7) is 1.74. The van der Waals surface area contributed by atoms with Crippen molar-refractivity contribution in [3.05, 3.63) is 59.7 Å². The summed E-state index contributed by atoms with van der Waals surface area (Å²) in [6.07, 6.45) is 0.832. The minimum atomic E-state index is -1.22. The summed E-state index contributed by atoms with van der Waals surface area (Å²) in [4.78, 5) is 25.7. The van der Waals surface area contributed by atoms with Crippen molar-refractivity contribution in [1.82, 2.24) is 4.90 Å². The van der Waals surface area contributed by atoms with Crippen molar-refractivity contribution in [2.24, 2.45) is 0 Å². The van der Waals surface area contributed by atoms with Crippen LogP contribution in [0.15, 0.2) is 48.5 Å². The zero-order chi connectivity index (χ0) is 19.6. The van der Waals surface area contributed by atoms with Crippen LogP contribution < -0.4 is 5.32 Å². The van der Waals surface area contributed by atoms with Crippen molar-refractivity contribution < 1.29 is 24.2 Å². The van der Waals surface area contributed by atoms with Crippen LogP contribution in [-0.2, 0) is 20.2 Å². The molecule has 2 aliphatic heterocycles. The molecule has 2 N–H and O–H groups in total. The second-order valence-corrected chi connectivity index (χ2v) is 6.86. The molecule has 0 radical (unpaired) electrons. The van der Waals surface area contributed by atoms with E-state index in [1.807, 2.05) is 0 Å². The van der Waals surface area contributed by atoms with Crippen LogP contribution in [0.5, 0.6) is 5.75 Å². The lowest BCUT2D eigenvalue weighted by molar-refractivity contribution is -0.141. The Labute approximate surface area is 162 Å². The van der Waals surface area contributed by atoms with E-state index >= 15 is 0 Å². The summed E-state index contributed by atoms with van der Waals surface area (Å²) in [5.74, 6) is -1.02. The topological polar surface area (TPSA) is 88.1 Å². The number of hydrogen-bond acceptors (Lipinski definition) is 6. The Kier molecular flexibility index (Phi) is 5.02. The van der Waals surface area contributed by atoms with Crippen molar-refractivity contribution in [3.63, 3.8) is 0 Å². The molecule has 7 nitrogen and oxygen atoms in total. The molecular weight excluding hydrogens is 360 g/mol. The lowest BCUT2D eigenvalue weighted by Crippen LogP contribution is -2.39. The van der Waals surface area contributed by atoms with Gasteiger partial charge in [-0.3, -0.25) is 9.59 Å². The minimum Gasteiger partial charge on any atom is -0.506 e. The average molecular weight is 382 g/mol. The SMILES string of the molecule is O=C1CCN(C(=O)c2ccc(C3(Nc4ccccc4O)OCCO3)cc2)CC1. The molecule has 0 bridgehead atoms. The number of nitrogens with one attached hydrogen (secondary N) is 1. The number of amides is 1. The number of rotatable bonds is 4. The molecule has 1 amide bonds. The Morgan fingerprint density at radius 1 is 1.00 bits per heavy atom. The van der Waals surface area contributed by atoms with Crippen molar-refractivity contribution in [3.8, 4) is 5.75 Å². The van der Waals surface area contributed by atoms with Gasteiger partial charge in [0.25, 0.3) is 11.8 Å². The summed E-state index contributed by atoms with van der Waals surface area (Å²) in [5.41, 5.74) is 1.73. The Balaban J connectivity index is 1.55. The highest BCUT2D eigenvalue weighted by Gasteiger charge is 2.39. The highest BCUT2D eigenvalue weighted by atomic mass is 16.8. The Hall–Kier alpha value is -2.90. The van der Waals surface area contributed by atoms with Gasteiger partial charge in [-0.05, 0) is 24.3 Å². The van der Waals surface area contributed by atoms with Crippen molar-refractivity contribution in [1.29, 1.82) is 0 Å². The summed E-state index contributed by atoms with van der Waals surface area (Å²) >= 11 is 0. The fourth-order valence-electron chi connectivity index (χ4n) is 3.45. The van der Waals surface area contributed by atoms with Crippen molar-refractivity contribution >= 4 is 17.4 Å². The van der Waals surface area contributed by atoms with Gasteiger partial charge < -0.3 is 24.8 Å². The molecule has 0 spiro atoms. The van der Waals surface area contributed by atoms with Crippen LogP contribution in [-0.4, -0.2) is 48.0 Å². The van der Waals surface area contributed by atoms with Gasteiger partial charge in [0.15, 0.2) is 0 Å². The van der Waals surface area contributed by atoms with Crippen LogP contribution in [0.4, 0.5) is 5.69 Å². The van der Waals surface area contributed by atoms with E-state index < -0.39 is 5.91 Å². The van der Waals surface area contributed by atoms with Gasteiger partial charge in [0, 0.05) is 37.1 Å². The molecule has 2 heterocycles. The quantitative estimate of drug-likeness (QED) is 0.790. The number of Topliss-reactive ketones (excluding diaryl/α,β-unsaturated/α-hetero) is 1. The number of phenolic OH excluding ortho intramolecular Hbond substituents is 1. The number of carbonyl (C=O) groups excluding carboxylic acids is 2. The van der Waals surface area contributed by atoms with Gasteiger partial charge in [0.05, 0.1) is 18.9 Å². The number of carbonyl (C=O) groups is 2. The van der Waals surface area contributed by atoms with Gasteiger partial charge in [-0.25, -0.2) is 0 Å². The number of hydrogen-bond donors (Lipinski definition) is 2. The summed E-state index contributed by atoms with van der Waals surface area (Å²) in [6, 6.07) is 13.9. The molecule has 7 heteroatoms. The molecule has 2 aromatic carbocycles. The predicted octanol–water partition coefficient (Wildman–Crippen LogP) is 2.47. The van der Waals surface area contributed by atoms with Gasteiger partial charge in [-0.15, -0.1) is 0 Å². The number of likely N-dealkylation sites (tertiary alicyclic amines) is 1. The molecule has 2 aromatic rings. The highest BCUT2D eigenvalue weighted by Crippen LogP contribution is 2.36. The molecular formula is C21H22N2O5. The third-order valence-corrected chi connectivity index (χ3v) is 5.02. The maximum absolute atomic E-state index is 12.7. The van der Waals surface area contributed by atoms with Crippen LogP contribution in [0.2, 0.25) is 0 Å². The van der Waals surface area contributed by atoms with Crippen LogP contribution in [0.25, 0.3) is 0 Å². The monoisotopic (exact) mass is 382 g/mol. The fourth-order valence-corrected chi connectivity index (χ4v) is 3.45. The zero-order valence-corrected chi connectivity index (χ0v) is 15.4. The van der Waals surface area contributed by atoms with E-state index in [-0.39, 0.29) is 17.4 Å². The smallest absolute Gasteiger partial charge is 0.278 e. The van der Waals surface area contributed by atoms with Crippen molar-refractivity contribution in [2.45, 2.75) is 18.8 Å². The second-order valence-electron chi connectivity index (χ2n) is 6.86. The van der Waals surface area contributed by atoms with E-state index in [0.717, 1.165) is 0 Å². The van der Waals surface area contributed by atoms with E-state index in [2.05, 4.69) is 5.32 Å². The maximum atomic E-state index is 12.7. The molecule has 0 atom stereocenters. The number of nitrogens with zero attached hydrogens (tertiary/aromatic N) is 1. The highest BCUT2D eigenvalue weighted by molar-refractivity contribution is 5.95. The first-order valence-corrected chi connectivity index (χ1v) is 9.33. The van der Waals surface area contributed by atoms with Crippen LogP contribution >= 0.6 is 0 Å². The molecule has 0 saturated carbocycles. The number of benzene rings is 2. The fraction of sp³-hybridized carbons (Fsp3) is 0.333. The van der Waals surface area contributed by atoms with Gasteiger partial charge in [0.1, 0.15) is 11.5 Å². The molecule has 4 rings (SSSR count). The number of piperidine rings is 1. The van der Waals surface area contributed by atoms with E-state index in [1.165, 1.54) is 0 Å². The Bertz CT molecular complexity index is 865.